The Hall–Kier alpha value is -8.75. The molecule has 0 aliphatic heterocycles. The van der Waals surface area contributed by atoms with Crippen LogP contribution in [-0.2, 0) is 110 Å². The molecule has 0 spiro atoms. The molecular formula is C80H110N4O17. The summed E-state index contributed by atoms with van der Waals surface area (Å²) in [6.45, 7) is 29.0. The third kappa shape index (κ3) is 26.3. The van der Waals surface area contributed by atoms with Gasteiger partial charge in [0.15, 0.2) is 0 Å². The third-order valence-corrected chi connectivity index (χ3v) is 18.5. The monoisotopic (exact) mass is 1400 g/mol. The standard InChI is InChI=1S/C28H34N2O7.C26H39NO5.C26H37NO5/c1-17(2)15-24(18(3)28(34)37-22-13-11-21(12-14-22)30(35)36)26(31)29-25(27(32)33)16-20-9-6-8-19-7-4-5-10-23(19)20;2*1-16(2)14-21(17(3)24(29)30)23(28)27-22(25(31)32-26(4,5)6)15-19-12-9-11-18-10-7-8-13-20(18)19/h6,8-9,11-14,17-18,24-25H,4-5,7,10,15-16H2,1-3H3,(H,29,31)(H,32,33);9,11-12,16-17,21-22H,7-8,10,13-15H2,1-6H3,(H,27,28)(H,29,30);9,11-12,16,21-22H,3,7-8,10,13-15H2,1-2,4-6H3,(H,27,28)(H,29,30). The lowest BCUT2D eigenvalue weighted by Gasteiger charge is -2.28. The Morgan fingerprint density at radius 1 is 0.475 bits per heavy atom. The number of fused-ring (bicyclic) bond motifs is 3. The van der Waals surface area contributed by atoms with Crippen LogP contribution in [-0.4, -0.2) is 103 Å². The van der Waals surface area contributed by atoms with Crippen molar-refractivity contribution < 1.29 is 77.6 Å². The summed E-state index contributed by atoms with van der Waals surface area (Å²) in [6, 6.07) is 20.4. The van der Waals surface area contributed by atoms with Gasteiger partial charge in [0.2, 0.25) is 17.7 Å². The largest absolute Gasteiger partial charge is 0.481 e. The highest BCUT2D eigenvalue weighted by Crippen LogP contribution is 2.32. The van der Waals surface area contributed by atoms with Gasteiger partial charge in [-0.25, -0.2) is 19.2 Å². The Balaban J connectivity index is 0.000000274. The number of nitro benzene ring substituents is 1. The number of carbonyl (C=O) groups excluding carboxylic acids is 6. The van der Waals surface area contributed by atoms with E-state index in [1.54, 1.807) is 55.4 Å². The van der Waals surface area contributed by atoms with Crippen molar-refractivity contribution in [2.45, 2.75) is 242 Å². The first-order valence-corrected chi connectivity index (χ1v) is 35.8. The molecule has 0 saturated carbocycles. The van der Waals surface area contributed by atoms with Crippen LogP contribution in [0.2, 0.25) is 0 Å². The summed E-state index contributed by atoms with van der Waals surface area (Å²) in [5.74, 6) is -10.2. The number of carboxylic acid groups (broad SMARTS) is 3. The van der Waals surface area contributed by atoms with Crippen molar-refractivity contribution in [3.63, 3.8) is 0 Å². The molecule has 552 valence electrons. The molecule has 4 aromatic carbocycles. The molecule has 8 atom stereocenters. The van der Waals surface area contributed by atoms with Gasteiger partial charge in [-0.05, 0) is 218 Å². The van der Waals surface area contributed by atoms with Gasteiger partial charge in [0, 0.05) is 37.0 Å². The minimum absolute atomic E-state index is 0.0646. The highest BCUT2D eigenvalue weighted by molar-refractivity contribution is 5.97. The van der Waals surface area contributed by atoms with Crippen LogP contribution in [0.1, 0.15) is 205 Å². The zero-order chi connectivity index (χ0) is 75.2. The Morgan fingerprint density at radius 2 is 0.832 bits per heavy atom. The second-order valence-corrected chi connectivity index (χ2v) is 30.6. The maximum atomic E-state index is 13.3. The number of esters is 3. The smallest absolute Gasteiger partial charge is 0.331 e. The number of carboxylic acids is 3. The maximum absolute atomic E-state index is 13.3. The van der Waals surface area contributed by atoms with Crippen molar-refractivity contribution in [1.29, 1.82) is 0 Å². The van der Waals surface area contributed by atoms with E-state index in [0.717, 1.165) is 93.7 Å². The lowest BCUT2D eigenvalue weighted by molar-refractivity contribution is -0.384. The van der Waals surface area contributed by atoms with Gasteiger partial charge >= 0.3 is 35.8 Å². The number of nitrogens with one attached hydrogen (secondary N) is 3. The summed E-state index contributed by atoms with van der Waals surface area (Å²) >= 11 is 0. The number of nitrogens with zero attached hydrogens (tertiary/aromatic N) is 1. The van der Waals surface area contributed by atoms with E-state index < -0.39 is 117 Å². The number of nitro groups is 1. The molecule has 3 amide bonds. The molecular weight excluding hydrogens is 1290 g/mol. The molecule has 0 aromatic heterocycles. The van der Waals surface area contributed by atoms with Gasteiger partial charge in [0.05, 0.1) is 34.5 Å². The Labute approximate surface area is 596 Å². The van der Waals surface area contributed by atoms with E-state index in [1.165, 1.54) is 57.6 Å². The number of aryl methyl sites for hydroxylation is 3. The van der Waals surface area contributed by atoms with Crippen molar-refractivity contribution >= 4 is 59.2 Å². The predicted molar refractivity (Wildman–Crippen MR) is 386 cm³/mol. The molecule has 21 heteroatoms. The van der Waals surface area contributed by atoms with Crippen molar-refractivity contribution in [2.24, 2.45) is 47.3 Å². The van der Waals surface area contributed by atoms with Gasteiger partial charge in [-0.3, -0.25) is 34.1 Å². The Kier molecular flexibility index (Phi) is 31.5. The number of hydrogen-bond donors (Lipinski definition) is 6. The molecule has 8 unspecified atom stereocenters. The fraction of sp³-hybridized carbons (Fsp3) is 0.562. The molecule has 4 aromatic rings. The zero-order valence-corrected chi connectivity index (χ0v) is 61.8. The second kappa shape index (κ2) is 38.3. The van der Waals surface area contributed by atoms with E-state index in [1.807, 2.05) is 77.9 Å². The number of carbonyl (C=O) groups is 9. The Bertz CT molecular complexity index is 3560. The molecule has 6 N–H and O–H groups in total. The molecule has 0 bridgehead atoms. The van der Waals surface area contributed by atoms with Gasteiger partial charge in [-0.1, -0.05) is 117 Å². The average molecular weight is 1400 g/mol. The SMILES string of the molecule is C=C(C(=O)O)C(CC(C)C)C(=O)NC(Cc1cccc2c1CCCC2)C(=O)OC(C)(C)C.CC(C)CC(C(=O)NC(Cc1cccc2c1CCCC2)C(=O)O)C(C)C(=O)Oc1ccc([N+](=O)[O-])cc1.CC(C)CC(C(=O)NC(Cc1cccc2c1CCCC2)C(=O)OC(C)(C)C)C(C)C(=O)O. The summed E-state index contributed by atoms with van der Waals surface area (Å²) in [5.41, 5.74) is 8.81. The van der Waals surface area contributed by atoms with Crippen molar-refractivity contribution in [1.82, 2.24) is 16.0 Å². The maximum Gasteiger partial charge on any atom is 0.331 e. The molecule has 21 nitrogen and oxygen atoms in total. The van der Waals surface area contributed by atoms with Gasteiger partial charge in [-0.2, -0.15) is 0 Å². The van der Waals surface area contributed by atoms with Gasteiger partial charge < -0.3 is 45.5 Å². The predicted octanol–water partition coefficient (Wildman–Crippen LogP) is 13.0. The highest BCUT2D eigenvalue weighted by atomic mass is 16.6. The minimum atomic E-state index is -1.21. The van der Waals surface area contributed by atoms with Crippen LogP contribution in [0.15, 0.2) is 91.0 Å². The molecule has 7 rings (SSSR count). The lowest BCUT2D eigenvalue weighted by atomic mass is 9.84. The van der Waals surface area contributed by atoms with E-state index in [4.69, 9.17) is 14.2 Å². The van der Waals surface area contributed by atoms with Crippen molar-refractivity contribution in [2.75, 3.05) is 0 Å². The highest BCUT2D eigenvalue weighted by Gasteiger charge is 2.38. The Morgan fingerprint density at radius 3 is 1.18 bits per heavy atom. The average Bonchev–Trinajstić information content (AvgIpc) is 0.825. The summed E-state index contributed by atoms with van der Waals surface area (Å²) in [4.78, 5) is 124. The molecule has 0 radical (unpaired) electrons. The second-order valence-electron chi connectivity index (χ2n) is 30.6. The van der Waals surface area contributed by atoms with Gasteiger partial charge in [0.1, 0.15) is 35.1 Å². The van der Waals surface area contributed by atoms with Crippen molar-refractivity contribution in [3.8, 4) is 5.75 Å². The third-order valence-electron chi connectivity index (χ3n) is 18.5. The fourth-order valence-corrected chi connectivity index (χ4v) is 13.3. The first-order valence-electron chi connectivity index (χ1n) is 35.8. The summed E-state index contributed by atoms with van der Waals surface area (Å²) in [5, 5.41) is 48.0. The number of amides is 3. The van der Waals surface area contributed by atoms with E-state index in [0.29, 0.717) is 32.1 Å². The van der Waals surface area contributed by atoms with Gasteiger partial charge in [0.25, 0.3) is 5.69 Å². The number of benzene rings is 4. The van der Waals surface area contributed by atoms with E-state index in [2.05, 4.69) is 40.7 Å². The molecule has 0 saturated heterocycles. The number of aliphatic carboxylic acids is 3. The summed E-state index contributed by atoms with van der Waals surface area (Å²) in [6.07, 6.45) is 14.4. The number of ether oxygens (including phenoxy) is 3. The molecule has 3 aliphatic carbocycles. The van der Waals surface area contributed by atoms with Crippen LogP contribution in [0, 0.1) is 57.5 Å². The summed E-state index contributed by atoms with van der Waals surface area (Å²) < 4.78 is 16.6. The van der Waals surface area contributed by atoms with E-state index in [-0.39, 0.29) is 41.2 Å². The van der Waals surface area contributed by atoms with Gasteiger partial charge in [-0.15, -0.1) is 0 Å². The van der Waals surface area contributed by atoms with Crippen LogP contribution < -0.4 is 20.7 Å². The van der Waals surface area contributed by atoms with Crippen molar-refractivity contribution in [3.05, 3.63) is 151 Å². The van der Waals surface area contributed by atoms with Crippen LogP contribution in [0.3, 0.4) is 0 Å². The zero-order valence-electron chi connectivity index (χ0n) is 61.8. The first-order chi connectivity index (χ1) is 47.3. The number of rotatable bonds is 29. The van der Waals surface area contributed by atoms with Crippen LogP contribution in [0.4, 0.5) is 5.69 Å². The van der Waals surface area contributed by atoms with Crippen LogP contribution in [0.25, 0.3) is 0 Å². The number of non-ortho nitro benzene ring substituents is 1. The minimum Gasteiger partial charge on any atom is -0.481 e. The summed E-state index contributed by atoms with van der Waals surface area (Å²) in [7, 11) is 0. The van der Waals surface area contributed by atoms with Crippen LogP contribution in [0.5, 0.6) is 5.75 Å². The molecule has 3 aliphatic rings. The normalized spacial score (nSPS) is 15.7. The lowest BCUT2D eigenvalue weighted by Crippen LogP contribution is -2.49. The molecule has 0 heterocycles. The topological polar surface area (TPSA) is 321 Å². The fourth-order valence-electron chi connectivity index (χ4n) is 13.3. The quantitative estimate of drug-likeness (QED) is 0.00967. The van der Waals surface area contributed by atoms with Crippen LogP contribution >= 0.6 is 0 Å². The first kappa shape index (κ1) is 82.9. The molecule has 0 fully saturated rings. The van der Waals surface area contributed by atoms with E-state index >= 15 is 0 Å². The number of hydrogen-bond acceptors (Lipinski definition) is 14. The van der Waals surface area contributed by atoms with E-state index in [9.17, 15) is 68.6 Å². The molecule has 101 heavy (non-hydrogen) atoms.